The molecule has 128 heavy (non-hydrogen) atoms. The molecule has 0 saturated carbocycles. The van der Waals surface area contributed by atoms with E-state index in [0.29, 0.717) is 121 Å². The maximum atomic E-state index is 12.9. The Labute approximate surface area is 738 Å². The third kappa shape index (κ3) is 32.0. The van der Waals surface area contributed by atoms with E-state index in [9.17, 15) is 45.8 Å². The summed E-state index contributed by atoms with van der Waals surface area (Å²) in [6.07, 6.45) is -4.31. The molecule has 2 atom stereocenters. The van der Waals surface area contributed by atoms with Gasteiger partial charge < -0.3 is 61.6 Å². The number of hydrogen-bond acceptors (Lipinski definition) is 29. The van der Waals surface area contributed by atoms with E-state index in [0.717, 1.165) is 110 Å². The standard InChI is InChI=1S/C24H28N6O2.C24H31N3O3.C16H20N2O3.C15H15F3N2O3.C14H14F3N3O2/c1-3-21-25-23(31-27-21)17-29(19-11-7-5-8-12-19)15-16-30(20-13-9-6-10-14-20)18-24-26-22(4-2)28-32-24;1-17(2)16-29-19(4)24-25-23(30-26-24)15-27(14-21-12-8-9-13-22(21)28)18(3)20-10-6-5-7-11-20;1-11(2)9-14-17-15(21-18-14)8-7-12-5-4-6-13(10-12)16(19)20-3;1-3-12-19-13(23-20-12)5-4-9-6-10(14(21)22-2)8-11(7-9)15(16,17)18;1-8(21)5-10-3-4-11(14(15,16)17)6-12(10)18-7-13-19-9(2)20-22-13/h5-14H,3-4,15-18H2,1-2H3;5-13,17-19,28H,14-16H2,1-4H3;4-6,10-11H,7-9H2,1-3H3;6-8H,3-5H2,1-2H3;3-4,6,18H,5,7H2,1-2H3. The van der Waals surface area contributed by atoms with Gasteiger partial charge in [0.05, 0.1) is 62.7 Å². The van der Waals surface area contributed by atoms with Crippen LogP contribution in [-0.4, -0.2) is 122 Å². The van der Waals surface area contributed by atoms with E-state index in [1.165, 1.54) is 31.7 Å². The number of aromatic nitrogens is 12. The number of hydrogen-bond donors (Lipinski definition) is 2. The number of anilines is 3. The van der Waals surface area contributed by atoms with Crippen molar-refractivity contribution in [1.29, 1.82) is 0 Å². The zero-order valence-corrected chi connectivity index (χ0v) is 73.9. The van der Waals surface area contributed by atoms with Crippen molar-refractivity contribution in [3.8, 4) is 5.75 Å². The van der Waals surface area contributed by atoms with Crippen molar-refractivity contribution >= 4 is 34.8 Å². The molecule has 6 heterocycles. The maximum Gasteiger partial charge on any atom is 0.416 e. The molecule has 7 aromatic carbocycles. The molecule has 2 unspecified atom stereocenters. The quantitative estimate of drug-likeness (QED) is 0.0270. The molecule has 0 spiro atoms. The van der Waals surface area contributed by atoms with Gasteiger partial charge in [0.25, 0.3) is 0 Å². The predicted octanol–water partition coefficient (Wildman–Crippen LogP) is 18.8. The van der Waals surface area contributed by atoms with E-state index < -0.39 is 29.4 Å². The van der Waals surface area contributed by atoms with Gasteiger partial charge in [-0.15, -0.1) is 0 Å². The molecule has 6 aromatic heterocycles. The summed E-state index contributed by atoms with van der Waals surface area (Å²) in [6, 6.07) is 52.1. The minimum Gasteiger partial charge on any atom is -0.508 e. The number of ether oxygens (including phenoxy) is 3. The lowest BCUT2D eigenvalue weighted by atomic mass is 10.0. The number of halogens is 6. The molecule has 0 fully saturated rings. The van der Waals surface area contributed by atoms with Gasteiger partial charge in [0, 0.05) is 99.9 Å². The number of ketones is 1. The summed E-state index contributed by atoms with van der Waals surface area (Å²) in [5, 5.41) is 36.6. The van der Waals surface area contributed by atoms with Crippen molar-refractivity contribution in [2.75, 3.05) is 49.0 Å². The van der Waals surface area contributed by atoms with E-state index in [-0.39, 0.29) is 72.6 Å². The minimum absolute atomic E-state index is 0.0450. The van der Waals surface area contributed by atoms with Gasteiger partial charge in [0.2, 0.25) is 35.3 Å². The summed E-state index contributed by atoms with van der Waals surface area (Å²) in [5.74, 6) is 6.67. The van der Waals surface area contributed by atoms with Crippen molar-refractivity contribution in [3.63, 3.8) is 0 Å². The Kier molecular flexibility index (Phi) is 37.7. The normalized spacial score (nSPS) is 11.8. The van der Waals surface area contributed by atoms with Crippen LogP contribution in [0.15, 0.2) is 203 Å². The first kappa shape index (κ1) is 98.5. The van der Waals surface area contributed by atoms with Gasteiger partial charge in [-0.1, -0.05) is 183 Å². The number of carbonyl (C=O) groups excluding carboxylic acids is 3. The first-order valence-electron chi connectivity index (χ1n) is 41.9. The fraction of sp³-hybridized carbons (Fsp3) is 0.387. The van der Waals surface area contributed by atoms with E-state index in [1.807, 2.05) is 119 Å². The maximum absolute atomic E-state index is 12.9. The monoisotopic (exact) mass is 1770 g/mol. The Morgan fingerprint density at radius 1 is 0.469 bits per heavy atom. The number of carbonyl (C=O) groups is 3. The Balaban J connectivity index is 0.000000183. The van der Waals surface area contributed by atoms with Crippen LogP contribution in [0, 0.1) is 18.8 Å². The molecule has 0 radical (unpaired) electrons. The molecule has 0 aliphatic carbocycles. The summed E-state index contributed by atoms with van der Waals surface area (Å²) < 4.78 is 124. The highest BCUT2D eigenvalue weighted by Crippen LogP contribution is 2.35. The molecule has 0 aliphatic rings. The van der Waals surface area contributed by atoms with Gasteiger partial charge in [-0.2, -0.15) is 56.2 Å². The van der Waals surface area contributed by atoms with Gasteiger partial charge in [0.1, 0.15) is 17.6 Å². The lowest BCUT2D eigenvalue weighted by Crippen LogP contribution is -2.35. The molecule has 13 rings (SSSR count). The number of nitrogens with zero attached hydrogens (tertiary/aromatic N) is 15. The molecule has 13 aromatic rings. The second kappa shape index (κ2) is 49.0. The number of phenols is 1. The van der Waals surface area contributed by atoms with E-state index in [1.54, 1.807) is 19.1 Å². The summed E-state index contributed by atoms with van der Waals surface area (Å²) in [6.45, 7) is 25.8. The summed E-state index contributed by atoms with van der Waals surface area (Å²) in [4.78, 5) is 66.9. The van der Waals surface area contributed by atoms with Crippen molar-refractivity contribution in [2.24, 2.45) is 11.8 Å². The molecule has 0 aliphatic heterocycles. The molecule has 2 N–H and O–H groups in total. The molecule has 29 nitrogen and oxygen atoms in total. The van der Waals surface area contributed by atoms with Crippen LogP contribution < -0.4 is 15.1 Å². The van der Waals surface area contributed by atoms with Crippen LogP contribution in [0.2, 0.25) is 0 Å². The number of benzene rings is 7. The van der Waals surface area contributed by atoms with Crippen molar-refractivity contribution in [1.82, 2.24) is 65.7 Å². The van der Waals surface area contributed by atoms with Crippen LogP contribution in [0.3, 0.4) is 0 Å². The highest BCUT2D eigenvalue weighted by molar-refractivity contribution is 5.90. The lowest BCUT2D eigenvalue weighted by molar-refractivity contribution is -0.138. The van der Waals surface area contributed by atoms with Crippen LogP contribution in [0.25, 0.3) is 0 Å². The highest BCUT2D eigenvalue weighted by atomic mass is 19.4. The first-order valence-corrected chi connectivity index (χ1v) is 41.9. The van der Waals surface area contributed by atoms with Gasteiger partial charge >= 0.3 is 24.3 Å². The number of rotatable bonds is 37. The van der Waals surface area contributed by atoms with Crippen LogP contribution in [0.4, 0.5) is 43.4 Å². The number of nitrogens with one attached hydrogen (secondary N) is 1. The highest BCUT2D eigenvalue weighted by Gasteiger charge is 2.34. The number of phenolic OH excluding ortho intramolecular Hbond substituents is 1. The van der Waals surface area contributed by atoms with Crippen molar-refractivity contribution in [3.05, 3.63) is 296 Å². The molecule has 0 saturated heterocycles. The molecule has 680 valence electrons. The number of aryl methyl sites for hydroxylation is 8. The summed E-state index contributed by atoms with van der Waals surface area (Å²) in [5.41, 5.74) is 5.06. The zero-order chi connectivity index (χ0) is 92.3. The van der Waals surface area contributed by atoms with Crippen molar-refractivity contribution in [2.45, 2.75) is 191 Å². The van der Waals surface area contributed by atoms with Crippen molar-refractivity contribution < 1.29 is 87.2 Å². The van der Waals surface area contributed by atoms with Gasteiger partial charge in [-0.3, -0.25) is 9.69 Å². The summed E-state index contributed by atoms with van der Waals surface area (Å²) in [7, 11) is 2.50. The van der Waals surface area contributed by atoms with E-state index in [2.05, 4.69) is 157 Å². The van der Waals surface area contributed by atoms with Crippen LogP contribution >= 0.6 is 0 Å². The lowest BCUT2D eigenvalue weighted by Gasteiger charge is -2.29. The van der Waals surface area contributed by atoms with Crippen LogP contribution in [0.1, 0.15) is 211 Å². The Morgan fingerprint density at radius 3 is 1.49 bits per heavy atom. The molecular weight excluding hydrogens is 1660 g/mol. The van der Waals surface area contributed by atoms with E-state index >= 15 is 0 Å². The Morgan fingerprint density at radius 2 is 0.969 bits per heavy atom. The molecule has 0 bridgehead atoms. The summed E-state index contributed by atoms with van der Waals surface area (Å²) >= 11 is 0. The number of alkyl halides is 6. The number of aromatic hydroxyl groups is 1. The number of Topliss-reactive ketones (excluding diaryl/α,β-unsaturated/α-hetero) is 1. The fourth-order valence-electron chi connectivity index (χ4n) is 12.7. The minimum atomic E-state index is -4.54. The number of esters is 2. The van der Waals surface area contributed by atoms with Gasteiger partial charge in [0.15, 0.2) is 34.9 Å². The molecule has 0 amide bonds. The smallest absolute Gasteiger partial charge is 0.416 e. The second-order valence-corrected chi connectivity index (χ2v) is 30.6. The predicted molar refractivity (Wildman–Crippen MR) is 462 cm³/mol. The third-order valence-electron chi connectivity index (χ3n) is 19.4. The zero-order valence-electron chi connectivity index (χ0n) is 73.9. The fourth-order valence-corrected chi connectivity index (χ4v) is 12.7. The third-order valence-corrected chi connectivity index (χ3v) is 19.4. The Bertz CT molecular complexity index is 5440. The largest absolute Gasteiger partial charge is 0.508 e. The van der Waals surface area contributed by atoms with Gasteiger partial charge in [-0.25, -0.2) is 9.59 Å². The number of para-hydroxylation sites is 3. The second-order valence-electron chi connectivity index (χ2n) is 30.6. The van der Waals surface area contributed by atoms with Crippen LogP contribution in [0.5, 0.6) is 5.75 Å². The SMILES string of the molecule is CC(=O)Cc1ccc(C(F)(F)F)cc1NCc1nc(C)no1.CC(C)COC(C)c1noc(CN(Cc2ccccc2O)C(C)c2ccccc2)n1.CCc1noc(CCc2cc(C(=O)OC)cc(C(F)(F)F)c2)n1.CCc1noc(CN(CCN(Cc2nc(CC)no2)c2ccccc2)c2ccccc2)n1.COC(=O)c1cccc(CCc2nc(CC(C)C)no2)c1. The van der Waals surface area contributed by atoms with Gasteiger partial charge in [-0.05, 0) is 147 Å². The molecule has 35 heteroatoms. The average molecular weight is 1770 g/mol. The van der Waals surface area contributed by atoms with E-state index in [4.69, 9.17) is 36.6 Å². The first-order chi connectivity index (χ1) is 61.3. The number of methoxy groups -OCH3 is 2. The molecular formula is C93H108F6N16O13. The van der Waals surface area contributed by atoms with Crippen LogP contribution in [-0.2, 0) is 122 Å². The average Bonchev–Trinajstić information content (AvgIpc) is 0.976. The Hall–Kier alpha value is -13.3. The topological polar surface area (TPSA) is 354 Å².